The zero-order chi connectivity index (χ0) is 43.8. The molecule has 0 bridgehead atoms. The molecular formula is C34H57NO24. The Morgan fingerprint density at radius 1 is 0.508 bits per heavy atom. The van der Waals surface area contributed by atoms with Crippen molar-refractivity contribution in [3.63, 3.8) is 0 Å². The molecule has 25 nitrogen and oxygen atoms in total. The third-order valence-electron chi connectivity index (χ3n) is 10.9. The molecule has 0 aromatic heterocycles. The van der Waals surface area contributed by atoms with Crippen LogP contribution in [0.25, 0.3) is 0 Å². The fourth-order valence-electron chi connectivity index (χ4n) is 7.43. The molecular weight excluding hydrogens is 806 g/mol. The first-order valence-electron chi connectivity index (χ1n) is 19.1. The first-order valence-corrected chi connectivity index (χ1v) is 19.1. The molecule has 5 aliphatic heterocycles. The molecule has 0 aromatic carbocycles. The summed E-state index contributed by atoms with van der Waals surface area (Å²) in [4.78, 5) is 24.8. The first kappa shape index (κ1) is 48.1. The summed E-state index contributed by atoms with van der Waals surface area (Å²) < 4.78 is 57.1. The number of aliphatic hydroxyl groups excluding tert-OH is 12. The van der Waals surface area contributed by atoms with Crippen LogP contribution in [0.5, 0.6) is 0 Å². The maximum Gasteiger partial charge on any atom is 0.303 e. The van der Waals surface area contributed by atoms with Crippen LogP contribution in [0.3, 0.4) is 0 Å². The second kappa shape index (κ2) is 20.1. The summed E-state index contributed by atoms with van der Waals surface area (Å²) in [5.74, 6) is -1.69. The summed E-state index contributed by atoms with van der Waals surface area (Å²) in [7, 11) is 0. The summed E-state index contributed by atoms with van der Waals surface area (Å²) in [5, 5.41) is 130. The smallest absolute Gasteiger partial charge is 0.303 e. The number of esters is 1. The second-order valence-corrected chi connectivity index (χ2v) is 15.3. The number of aliphatic hydroxyl groups is 12. The highest BCUT2D eigenvalue weighted by molar-refractivity contribution is 5.73. The number of hydrogen-bond donors (Lipinski definition) is 13. The summed E-state index contributed by atoms with van der Waals surface area (Å²) in [6.07, 6.45) is -39.7. The van der Waals surface area contributed by atoms with E-state index in [1.807, 2.05) is 0 Å². The molecule has 0 radical (unpaired) electrons. The zero-order valence-electron chi connectivity index (χ0n) is 32.6. The number of ether oxygens (including phenoxy) is 10. The van der Waals surface area contributed by atoms with E-state index >= 15 is 0 Å². The van der Waals surface area contributed by atoms with Crippen molar-refractivity contribution in [3.05, 3.63) is 0 Å². The third kappa shape index (κ3) is 10.5. The molecule has 0 aromatic rings. The average Bonchev–Trinajstić information content (AvgIpc) is 3.18. The normalized spacial score (nSPS) is 50.8. The Labute approximate surface area is 336 Å². The molecule has 5 fully saturated rings. The average molecular weight is 864 g/mol. The van der Waals surface area contributed by atoms with E-state index in [9.17, 15) is 70.9 Å². The summed E-state index contributed by atoms with van der Waals surface area (Å²) in [6.45, 7) is 4.71. The molecule has 25 heteroatoms. The topological polar surface area (TPSA) is 381 Å². The van der Waals surface area contributed by atoms with Crippen LogP contribution in [0, 0.1) is 0 Å². The van der Waals surface area contributed by atoms with Crippen molar-refractivity contribution in [3.8, 4) is 0 Å². The molecule has 342 valence electrons. The van der Waals surface area contributed by atoms with E-state index in [-0.39, 0.29) is 0 Å². The Morgan fingerprint density at radius 3 is 1.61 bits per heavy atom. The maximum atomic E-state index is 12.6. The molecule has 25 unspecified atom stereocenters. The summed E-state index contributed by atoms with van der Waals surface area (Å²) in [5.41, 5.74) is 0. The van der Waals surface area contributed by atoms with Gasteiger partial charge < -0.3 is 114 Å². The van der Waals surface area contributed by atoms with Crippen molar-refractivity contribution < 1.29 is 118 Å². The standard InChI is InChI=1S/C34H57NO24/c1-8-16(39)21(44)25(48)32(51-8)59-28-23(46)17(40)9(2)52-33(28)58-27-18(41)10(3)53-34(29(27)54-12(5)38)57-26-15(35-11(4)37)30(49)55-14(20(26)43)7-50-31-24(47)22(45)19(42)13(6-36)56-31/h8-10,13-34,36,39-49H,6-7H2,1-5H3,(H,35,37). The molecule has 5 rings (SSSR count). The third-order valence-corrected chi connectivity index (χ3v) is 10.9. The van der Waals surface area contributed by atoms with Crippen LogP contribution in [0.1, 0.15) is 34.6 Å². The van der Waals surface area contributed by atoms with Gasteiger partial charge in [0, 0.05) is 13.8 Å². The van der Waals surface area contributed by atoms with Gasteiger partial charge in [-0.1, -0.05) is 0 Å². The lowest BCUT2D eigenvalue weighted by Crippen LogP contribution is -2.69. The maximum absolute atomic E-state index is 12.6. The van der Waals surface area contributed by atoms with Gasteiger partial charge in [-0.3, -0.25) is 9.59 Å². The van der Waals surface area contributed by atoms with Gasteiger partial charge >= 0.3 is 5.97 Å². The highest BCUT2D eigenvalue weighted by Crippen LogP contribution is 2.36. The molecule has 59 heavy (non-hydrogen) atoms. The number of hydrogen-bond acceptors (Lipinski definition) is 24. The predicted octanol–water partition coefficient (Wildman–Crippen LogP) is -8.13. The largest absolute Gasteiger partial charge is 0.454 e. The Bertz CT molecular complexity index is 1380. The van der Waals surface area contributed by atoms with E-state index in [1.165, 1.54) is 20.8 Å². The number of nitrogens with one attached hydrogen (secondary N) is 1. The van der Waals surface area contributed by atoms with Crippen molar-refractivity contribution in [1.82, 2.24) is 5.32 Å². The van der Waals surface area contributed by atoms with Crippen LogP contribution in [-0.2, 0) is 57.0 Å². The van der Waals surface area contributed by atoms with Gasteiger partial charge in [0.05, 0.1) is 31.5 Å². The van der Waals surface area contributed by atoms with Crippen LogP contribution >= 0.6 is 0 Å². The van der Waals surface area contributed by atoms with Gasteiger partial charge in [-0.2, -0.15) is 0 Å². The molecule has 0 aliphatic carbocycles. The Morgan fingerprint density at radius 2 is 1.02 bits per heavy atom. The van der Waals surface area contributed by atoms with Gasteiger partial charge in [-0.25, -0.2) is 0 Å². The van der Waals surface area contributed by atoms with E-state index in [4.69, 9.17) is 47.4 Å². The first-order chi connectivity index (χ1) is 27.7. The van der Waals surface area contributed by atoms with Crippen LogP contribution in [0.2, 0.25) is 0 Å². The minimum absolute atomic E-state index is 0.700. The fraction of sp³-hybridized carbons (Fsp3) is 0.941. The lowest BCUT2D eigenvalue weighted by Gasteiger charge is -2.50. The van der Waals surface area contributed by atoms with Gasteiger partial charge in [0.25, 0.3) is 0 Å². The Kier molecular flexibility index (Phi) is 16.4. The minimum atomic E-state index is -1.94. The predicted molar refractivity (Wildman–Crippen MR) is 183 cm³/mol. The van der Waals surface area contributed by atoms with Gasteiger partial charge in [0.2, 0.25) is 5.91 Å². The van der Waals surface area contributed by atoms with Gasteiger partial charge in [0.1, 0.15) is 97.6 Å². The second-order valence-electron chi connectivity index (χ2n) is 15.3. The molecule has 0 saturated carbocycles. The van der Waals surface area contributed by atoms with E-state index in [2.05, 4.69) is 5.32 Å². The summed E-state index contributed by atoms with van der Waals surface area (Å²) in [6, 6.07) is -1.57. The molecule has 25 atom stereocenters. The van der Waals surface area contributed by atoms with Crippen LogP contribution in [-0.4, -0.2) is 240 Å². The van der Waals surface area contributed by atoms with Crippen LogP contribution < -0.4 is 5.32 Å². The van der Waals surface area contributed by atoms with E-state index in [0.717, 1.165) is 13.8 Å². The van der Waals surface area contributed by atoms with Crippen molar-refractivity contribution in [2.24, 2.45) is 0 Å². The minimum Gasteiger partial charge on any atom is -0.454 e. The quantitative estimate of drug-likeness (QED) is 0.0810. The van der Waals surface area contributed by atoms with Crippen molar-refractivity contribution in [2.75, 3.05) is 13.2 Å². The van der Waals surface area contributed by atoms with E-state index in [1.54, 1.807) is 0 Å². The lowest BCUT2D eigenvalue weighted by atomic mass is 9.95. The number of amides is 1. The van der Waals surface area contributed by atoms with E-state index in [0.29, 0.717) is 0 Å². The zero-order valence-corrected chi connectivity index (χ0v) is 32.6. The van der Waals surface area contributed by atoms with Crippen molar-refractivity contribution in [1.29, 1.82) is 0 Å². The molecule has 5 aliphatic rings. The number of rotatable bonds is 12. The number of carbonyl (C=O) groups excluding carboxylic acids is 2. The molecule has 1 amide bonds. The fourth-order valence-corrected chi connectivity index (χ4v) is 7.43. The highest BCUT2D eigenvalue weighted by atomic mass is 16.8. The molecule has 5 heterocycles. The SMILES string of the molecule is CC(=O)NC1C(O)OC(COC2OC(CO)C(O)C(O)C2O)C(O)C1OC1OC(C)C(O)C(OC2OC(C)C(O)C(O)C2OC2OC(C)C(O)C(O)C2O)C1OC(C)=O. The van der Waals surface area contributed by atoms with Crippen molar-refractivity contribution >= 4 is 11.9 Å². The van der Waals surface area contributed by atoms with Crippen LogP contribution in [0.4, 0.5) is 0 Å². The molecule has 5 saturated heterocycles. The Balaban J connectivity index is 1.40. The van der Waals surface area contributed by atoms with E-state index < -0.39 is 179 Å². The molecule has 0 spiro atoms. The summed E-state index contributed by atoms with van der Waals surface area (Å²) >= 11 is 0. The van der Waals surface area contributed by atoms with Gasteiger partial charge in [-0.15, -0.1) is 0 Å². The van der Waals surface area contributed by atoms with Gasteiger partial charge in [-0.05, 0) is 20.8 Å². The van der Waals surface area contributed by atoms with Gasteiger partial charge in [0.15, 0.2) is 37.6 Å². The van der Waals surface area contributed by atoms with Crippen LogP contribution in [0.15, 0.2) is 0 Å². The van der Waals surface area contributed by atoms with Crippen molar-refractivity contribution in [2.45, 2.75) is 188 Å². The highest BCUT2D eigenvalue weighted by Gasteiger charge is 2.56. The number of carbonyl (C=O) groups is 2. The monoisotopic (exact) mass is 863 g/mol. The Hall–Kier alpha value is -1.90. The molecule has 13 N–H and O–H groups in total. The lowest BCUT2D eigenvalue weighted by molar-refractivity contribution is -0.389.